The summed E-state index contributed by atoms with van der Waals surface area (Å²) >= 11 is 0. The van der Waals surface area contributed by atoms with Crippen molar-refractivity contribution in [2.45, 2.75) is 39.2 Å². The molecular weight excluding hydrogens is 314 g/mol. The van der Waals surface area contributed by atoms with Gasteiger partial charge in [0, 0.05) is 12.0 Å². The molecule has 25 heavy (non-hydrogen) atoms. The molecule has 1 heterocycles. The number of amides is 1. The summed E-state index contributed by atoms with van der Waals surface area (Å²) in [5.74, 6) is 3.70. The van der Waals surface area contributed by atoms with Gasteiger partial charge in [0.2, 0.25) is 5.91 Å². The molecule has 1 aromatic heterocycles. The summed E-state index contributed by atoms with van der Waals surface area (Å²) in [5, 5.41) is 2.96. The van der Waals surface area contributed by atoms with Crippen molar-refractivity contribution in [2.75, 3.05) is 6.61 Å². The van der Waals surface area contributed by atoms with E-state index in [1.165, 1.54) is 12.5 Å². The van der Waals surface area contributed by atoms with E-state index in [0.29, 0.717) is 18.4 Å². The van der Waals surface area contributed by atoms with E-state index in [-0.39, 0.29) is 11.9 Å². The standard InChI is InChI=1S/C21H25NO3/c1-4-24-17-7-5-16(6-8-17)15(3)22-21(23)12-10-18-9-11-20(25-18)19-13-14(19)2/h5-12,14-15,19H,4,13H2,1-3H3,(H,22,23)/b12-10+. The van der Waals surface area contributed by atoms with Crippen LogP contribution in [0.3, 0.4) is 0 Å². The van der Waals surface area contributed by atoms with E-state index in [1.54, 1.807) is 6.08 Å². The summed E-state index contributed by atoms with van der Waals surface area (Å²) in [5.41, 5.74) is 1.04. The molecule has 1 aromatic carbocycles. The number of nitrogens with one attached hydrogen (secondary N) is 1. The lowest BCUT2D eigenvalue weighted by Gasteiger charge is -2.13. The van der Waals surface area contributed by atoms with E-state index in [4.69, 9.17) is 9.15 Å². The molecule has 1 N–H and O–H groups in total. The minimum absolute atomic E-state index is 0.0766. The zero-order valence-electron chi connectivity index (χ0n) is 15.0. The largest absolute Gasteiger partial charge is 0.494 e. The number of hydrogen-bond acceptors (Lipinski definition) is 3. The zero-order chi connectivity index (χ0) is 17.8. The van der Waals surface area contributed by atoms with Gasteiger partial charge in [-0.15, -0.1) is 0 Å². The molecule has 132 valence electrons. The second kappa shape index (κ2) is 7.60. The van der Waals surface area contributed by atoms with E-state index in [1.807, 2.05) is 50.2 Å². The Morgan fingerprint density at radius 2 is 2.04 bits per heavy atom. The van der Waals surface area contributed by atoms with Crippen LogP contribution in [0.2, 0.25) is 0 Å². The molecule has 3 rings (SSSR count). The lowest BCUT2D eigenvalue weighted by molar-refractivity contribution is -0.117. The molecule has 2 aromatic rings. The number of ether oxygens (including phenoxy) is 1. The van der Waals surface area contributed by atoms with Crippen LogP contribution < -0.4 is 10.1 Å². The normalized spacial score (nSPS) is 20.4. The van der Waals surface area contributed by atoms with Crippen molar-refractivity contribution >= 4 is 12.0 Å². The van der Waals surface area contributed by atoms with Crippen molar-refractivity contribution in [3.63, 3.8) is 0 Å². The molecular formula is C21H25NO3. The lowest BCUT2D eigenvalue weighted by atomic mass is 10.1. The van der Waals surface area contributed by atoms with Crippen molar-refractivity contribution in [1.29, 1.82) is 0 Å². The zero-order valence-corrected chi connectivity index (χ0v) is 15.0. The summed E-state index contributed by atoms with van der Waals surface area (Å²) in [6.07, 6.45) is 4.43. The minimum Gasteiger partial charge on any atom is -0.494 e. The van der Waals surface area contributed by atoms with Crippen LogP contribution in [0.5, 0.6) is 5.75 Å². The molecule has 1 fully saturated rings. The van der Waals surface area contributed by atoms with Gasteiger partial charge in [-0.3, -0.25) is 4.79 Å². The van der Waals surface area contributed by atoms with E-state index in [9.17, 15) is 4.79 Å². The van der Waals surface area contributed by atoms with Gasteiger partial charge in [-0.1, -0.05) is 19.1 Å². The van der Waals surface area contributed by atoms with Gasteiger partial charge in [0.1, 0.15) is 17.3 Å². The second-order valence-corrected chi connectivity index (χ2v) is 6.63. The maximum atomic E-state index is 12.1. The average molecular weight is 339 g/mol. The summed E-state index contributed by atoms with van der Waals surface area (Å²) in [6.45, 7) is 6.78. The molecule has 3 unspecified atom stereocenters. The van der Waals surface area contributed by atoms with Crippen molar-refractivity contribution in [2.24, 2.45) is 5.92 Å². The van der Waals surface area contributed by atoms with Gasteiger partial charge in [-0.05, 0) is 62.1 Å². The van der Waals surface area contributed by atoms with E-state index in [2.05, 4.69) is 12.2 Å². The molecule has 1 amide bonds. The first-order valence-electron chi connectivity index (χ1n) is 8.88. The molecule has 0 saturated heterocycles. The van der Waals surface area contributed by atoms with Crippen molar-refractivity contribution in [3.8, 4) is 5.75 Å². The number of rotatable bonds is 7. The fourth-order valence-corrected chi connectivity index (χ4v) is 2.90. The van der Waals surface area contributed by atoms with Crippen LogP contribution in [0.25, 0.3) is 6.08 Å². The van der Waals surface area contributed by atoms with Gasteiger partial charge in [0.05, 0.1) is 12.6 Å². The Hall–Kier alpha value is -2.49. The topological polar surface area (TPSA) is 51.5 Å². The Morgan fingerprint density at radius 3 is 2.68 bits per heavy atom. The molecule has 0 aliphatic heterocycles. The van der Waals surface area contributed by atoms with Crippen LogP contribution in [0, 0.1) is 5.92 Å². The monoisotopic (exact) mass is 339 g/mol. The average Bonchev–Trinajstić information content (AvgIpc) is 3.15. The Bertz CT molecular complexity index is 745. The first kappa shape index (κ1) is 17.3. The van der Waals surface area contributed by atoms with Gasteiger partial charge < -0.3 is 14.5 Å². The smallest absolute Gasteiger partial charge is 0.244 e. The molecule has 0 radical (unpaired) electrons. The maximum Gasteiger partial charge on any atom is 0.244 e. The third kappa shape index (κ3) is 4.53. The van der Waals surface area contributed by atoms with Crippen molar-refractivity contribution in [1.82, 2.24) is 5.32 Å². The highest BCUT2D eigenvalue weighted by Gasteiger charge is 2.36. The lowest BCUT2D eigenvalue weighted by Crippen LogP contribution is -2.24. The molecule has 1 aliphatic rings. The quantitative estimate of drug-likeness (QED) is 0.744. The van der Waals surface area contributed by atoms with Crippen LogP contribution in [0.1, 0.15) is 56.2 Å². The van der Waals surface area contributed by atoms with Crippen LogP contribution >= 0.6 is 0 Å². The molecule has 4 nitrogen and oxygen atoms in total. The highest BCUT2D eigenvalue weighted by atomic mass is 16.5. The Labute approximate surface area is 148 Å². The molecule has 1 aliphatic carbocycles. The highest BCUT2D eigenvalue weighted by molar-refractivity contribution is 5.91. The summed E-state index contributed by atoms with van der Waals surface area (Å²) in [6, 6.07) is 11.6. The third-order valence-corrected chi connectivity index (χ3v) is 4.57. The number of carbonyl (C=O) groups is 1. The summed E-state index contributed by atoms with van der Waals surface area (Å²) < 4.78 is 11.2. The number of furan rings is 1. The fraction of sp³-hybridized carbons (Fsp3) is 0.381. The number of benzene rings is 1. The maximum absolute atomic E-state index is 12.1. The molecule has 3 atom stereocenters. The highest BCUT2D eigenvalue weighted by Crippen LogP contribution is 2.47. The van der Waals surface area contributed by atoms with Crippen LogP contribution in [-0.4, -0.2) is 12.5 Å². The van der Waals surface area contributed by atoms with Gasteiger partial charge in [-0.25, -0.2) is 0 Å². The van der Waals surface area contributed by atoms with Crippen LogP contribution in [0.4, 0.5) is 0 Å². The van der Waals surface area contributed by atoms with E-state index < -0.39 is 0 Å². The molecule has 4 heteroatoms. The SMILES string of the molecule is CCOc1ccc(C(C)NC(=O)/C=C/c2ccc(C3CC3C)o2)cc1. The van der Waals surface area contributed by atoms with E-state index in [0.717, 1.165) is 22.8 Å². The van der Waals surface area contributed by atoms with Crippen molar-refractivity contribution in [3.05, 3.63) is 59.6 Å². The first-order chi connectivity index (χ1) is 12.1. The summed E-state index contributed by atoms with van der Waals surface area (Å²) in [4.78, 5) is 12.1. The van der Waals surface area contributed by atoms with E-state index >= 15 is 0 Å². The Balaban J connectivity index is 1.53. The second-order valence-electron chi connectivity index (χ2n) is 6.63. The minimum atomic E-state index is -0.140. The summed E-state index contributed by atoms with van der Waals surface area (Å²) in [7, 11) is 0. The predicted molar refractivity (Wildman–Crippen MR) is 98.4 cm³/mol. The molecule has 0 bridgehead atoms. The Kier molecular flexibility index (Phi) is 5.27. The van der Waals surface area contributed by atoms with Gasteiger partial charge in [-0.2, -0.15) is 0 Å². The molecule has 1 saturated carbocycles. The van der Waals surface area contributed by atoms with Gasteiger partial charge in [0.25, 0.3) is 0 Å². The predicted octanol–water partition coefficient (Wildman–Crippen LogP) is 4.69. The van der Waals surface area contributed by atoms with Crippen LogP contribution in [-0.2, 0) is 4.79 Å². The first-order valence-corrected chi connectivity index (χ1v) is 8.88. The van der Waals surface area contributed by atoms with Gasteiger partial charge >= 0.3 is 0 Å². The fourth-order valence-electron chi connectivity index (χ4n) is 2.90. The van der Waals surface area contributed by atoms with Crippen molar-refractivity contribution < 1.29 is 13.9 Å². The molecule has 0 spiro atoms. The Morgan fingerprint density at radius 1 is 1.32 bits per heavy atom. The third-order valence-electron chi connectivity index (χ3n) is 4.57. The number of hydrogen-bond donors (Lipinski definition) is 1. The van der Waals surface area contributed by atoms with Gasteiger partial charge in [0.15, 0.2) is 0 Å². The number of carbonyl (C=O) groups excluding carboxylic acids is 1. The van der Waals surface area contributed by atoms with Crippen LogP contribution in [0.15, 0.2) is 46.9 Å².